The van der Waals surface area contributed by atoms with Crippen LogP contribution in [0.2, 0.25) is 0 Å². The SMILES string of the molecule is CCCNc1nc(Nc2ccc(NC(C)=O)cc2)nc2ccccc12. The lowest BCUT2D eigenvalue weighted by Crippen LogP contribution is -2.07. The first-order chi connectivity index (χ1) is 12.2. The maximum atomic E-state index is 11.1. The molecule has 0 fully saturated rings. The average molecular weight is 335 g/mol. The Bertz CT molecular complexity index is 877. The van der Waals surface area contributed by atoms with Crippen molar-refractivity contribution in [2.24, 2.45) is 0 Å². The highest BCUT2D eigenvalue weighted by atomic mass is 16.1. The Morgan fingerprint density at radius 1 is 1.00 bits per heavy atom. The summed E-state index contributed by atoms with van der Waals surface area (Å²) in [5.74, 6) is 1.26. The predicted octanol–water partition coefficient (Wildman–Crippen LogP) is 4.15. The Labute approximate surface area is 146 Å². The van der Waals surface area contributed by atoms with E-state index in [0.29, 0.717) is 5.95 Å². The normalized spacial score (nSPS) is 10.5. The van der Waals surface area contributed by atoms with Crippen molar-refractivity contribution >= 4 is 40.0 Å². The van der Waals surface area contributed by atoms with Crippen molar-refractivity contribution < 1.29 is 4.79 Å². The third-order valence-corrected chi connectivity index (χ3v) is 3.61. The minimum Gasteiger partial charge on any atom is -0.369 e. The fourth-order valence-corrected chi connectivity index (χ4v) is 2.48. The van der Waals surface area contributed by atoms with Crippen LogP contribution in [0, 0.1) is 0 Å². The Kier molecular flexibility index (Phi) is 5.09. The van der Waals surface area contributed by atoms with E-state index >= 15 is 0 Å². The van der Waals surface area contributed by atoms with Crippen LogP contribution in [0.4, 0.5) is 23.1 Å². The van der Waals surface area contributed by atoms with Gasteiger partial charge in [-0.15, -0.1) is 0 Å². The molecule has 3 aromatic rings. The van der Waals surface area contributed by atoms with Gasteiger partial charge in [-0.1, -0.05) is 19.1 Å². The molecular weight excluding hydrogens is 314 g/mol. The molecule has 0 aliphatic rings. The topological polar surface area (TPSA) is 78.9 Å². The van der Waals surface area contributed by atoms with Crippen LogP contribution < -0.4 is 16.0 Å². The second kappa shape index (κ2) is 7.61. The minimum absolute atomic E-state index is 0.0924. The molecule has 0 radical (unpaired) electrons. The van der Waals surface area contributed by atoms with Crippen molar-refractivity contribution in [3.8, 4) is 0 Å². The fraction of sp³-hybridized carbons (Fsp3) is 0.211. The number of nitrogens with one attached hydrogen (secondary N) is 3. The summed E-state index contributed by atoms with van der Waals surface area (Å²) in [6.07, 6.45) is 1.02. The van der Waals surface area contributed by atoms with Crippen LogP contribution >= 0.6 is 0 Å². The molecule has 3 N–H and O–H groups in total. The Morgan fingerprint density at radius 3 is 2.44 bits per heavy atom. The highest BCUT2D eigenvalue weighted by Crippen LogP contribution is 2.24. The summed E-state index contributed by atoms with van der Waals surface area (Å²) in [4.78, 5) is 20.3. The van der Waals surface area contributed by atoms with Gasteiger partial charge in [-0.3, -0.25) is 4.79 Å². The van der Waals surface area contributed by atoms with Crippen molar-refractivity contribution in [3.63, 3.8) is 0 Å². The van der Waals surface area contributed by atoms with Crippen molar-refractivity contribution in [1.29, 1.82) is 0 Å². The maximum absolute atomic E-state index is 11.1. The van der Waals surface area contributed by atoms with Gasteiger partial charge in [0.2, 0.25) is 11.9 Å². The zero-order chi connectivity index (χ0) is 17.6. The van der Waals surface area contributed by atoms with Gasteiger partial charge in [0.25, 0.3) is 0 Å². The highest BCUT2D eigenvalue weighted by molar-refractivity contribution is 5.90. The van der Waals surface area contributed by atoms with E-state index in [0.717, 1.165) is 41.1 Å². The van der Waals surface area contributed by atoms with E-state index in [1.807, 2.05) is 48.5 Å². The van der Waals surface area contributed by atoms with Gasteiger partial charge >= 0.3 is 0 Å². The van der Waals surface area contributed by atoms with Crippen molar-refractivity contribution in [2.75, 3.05) is 22.5 Å². The fourth-order valence-electron chi connectivity index (χ4n) is 2.48. The molecule has 6 nitrogen and oxygen atoms in total. The molecule has 0 aliphatic carbocycles. The summed E-state index contributed by atoms with van der Waals surface area (Å²) in [5, 5.41) is 10.3. The molecule has 0 atom stereocenters. The van der Waals surface area contributed by atoms with Gasteiger partial charge in [0.05, 0.1) is 5.52 Å². The van der Waals surface area contributed by atoms with E-state index in [1.165, 1.54) is 6.92 Å². The molecule has 1 amide bonds. The lowest BCUT2D eigenvalue weighted by molar-refractivity contribution is -0.114. The highest BCUT2D eigenvalue weighted by Gasteiger charge is 2.07. The maximum Gasteiger partial charge on any atom is 0.229 e. The van der Waals surface area contributed by atoms with Crippen LogP contribution in [-0.2, 0) is 4.79 Å². The molecule has 128 valence electrons. The third kappa shape index (κ3) is 4.23. The van der Waals surface area contributed by atoms with Crippen molar-refractivity contribution in [3.05, 3.63) is 48.5 Å². The predicted molar refractivity (Wildman–Crippen MR) is 102 cm³/mol. The second-order valence-electron chi connectivity index (χ2n) is 5.72. The number of amides is 1. The van der Waals surface area contributed by atoms with Gasteiger partial charge in [-0.2, -0.15) is 4.98 Å². The van der Waals surface area contributed by atoms with Crippen LogP contribution in [0.15, 0.2) is 48.5 Å². The number of hydrogen-bond donors (Lipinski definition) is 3. The number of aromatic nitrogens is 2. The number of anilines is 4. The van der Waals surface area contributed by atoms with Gasteiger partial charge in [0.15, 0.2) is 0 Å². The molecule has 0 unspecified atom stereocenters. The summed E-state index contributed by atoms with van der Waals surface area (Å²) < 4.78 is 0. The van der Waals surface area contributed by atoms with Crippen molar-refractivity contribution in [2.45, 2.75) is 20.3 Å². The molecule has 0 spiro atoms. The second-order valence-corrected chi connectivity index (χ2v) is 5.72. The molecule has 0 saturated heterocycles. The number of carbonyl (C=O) groups excluding carboxylic acids is 1. The van der Waals surface area contributed by atoms with E-state index in [4.69, 9.17) is 0 Å². The smallest absolute Gasteiger partial charge is 0.229 e. The van der Waals surface area contributed by atoms with Crippen molar-refractivity contribution in [1.82, 2.24) is 9.97 Å². The molecule has 3 rings (SSSR count). The third-order valence-electron chi connectivity index (χ3n) is 3.61. The number of nitrogens with zero attached hydrogens (tertiary/aromatic N) is 2. The number of carbonyl (C=O) groups is 1. The molecule has 6 heteroatoms. The summed E-state index contributed by atoms with van der Waals surface area (Å²) >= 11 is 0. The average Bonchev–Trinajstić information content (AvgIpc) is 2.61. The van der Waals surface area contributed by atoms with Gasteiger partial charge < -0.3 is 16.0 Å². The molecular formula is C19H21N5O. The quantitative estimate of drug-likeness (QED) is 0.630. The first-order valence-electron chi connectivity index (χ1n) is 8.31. The molecule has 1 heterocycles. The molecule has 0 saturated carbocycles. The van der Waals surface area contributed by atoms with E-state index in [9.17, 15) is 4.79 Å². The first kappa shape index (κ1) is 16.7. The van der Waals surface area contributed by atoms with Gasteiger partial charge in [0, 0.05) is 30.2 Å². The largest absolute Gasteiger partial charge is 0.369 e. The molecule has 2 aromatic carbocycles. The zero-order valence-corrected chi connectivity index (χ0v) is 14.3. The van der Waals surface area contributed by atoms with Crippen LogP contribution in [0.1, 0.15) is 20.3 Å². The molecule has 0 bridgehead atoms. The number of fused-ring (bicyclic) bond motifs is 1. The Morgan fingerprint density at radius 2 is 1.72 bits per heavy atom. The molecule has 0 aliphatic heterocycles. The summed E-state index contributed by atoms with van der Waals surface area (Å²) in [6, 6.07) is 15.4. The van der Waals surface area contributed by atoms with Crippen LogP contribution in [0.25, 0.3) is 10.9 Å². The number of hydrogen-bond acceptors (Lipinski definition) is 5. The monoisotopic (exact) mass is 335 g/mol. The zero-order valence-electron chi connectivity index (χ0n) is 14.3. The lowest BCUT2D eigenvalue weighted by atomic mass is 10.2. The lowest BCUT2D eigenvalue weighted by Gasteiger charge is -2.11. The van der Waals surface area contributed by atoms with Gasteiger partial charge in [-0.25, -0.2) is 4.98 Å². The number of rotatable bonds is 6. The summed E-state index contributed by atoms with van der Waals surface area (Å²) in [5.41, 5.74) is 2.49. The summed E-state index contributed by atoms with van der Waals surface area (Å²) in [6.45, 7) is 4.46. The van der Waals surface area contributed by atoms with E-state index in [-0.39, 0.29) is 5.91 Å². The van der Waals surface area contributed by atoms with E-state index in [2.05, 4.69) is 32.8 Å². The number of para-hydroxylation sites is 1. The standard InChI is InChI=1S/C19H21N5O/c1-3-12-20-18-16-6-4-5-7-17(16)23-19(24-18)22-15-10-8-14(9-11-15)21-13(2)25/h4-11H,3,12H2,1-2H3,(H,21,25)(H2,20,22,23,24). The summed E-state index contributed by atoms with van der Waals surface area (Å²) in [7, 11) is 0. The van der Waals surface area contributed by atoms with Gasteiger partial charge in [-0.05, 0) is 42.8 Å². The van der Waals surface area contributed by atoms with Crippen LogP contribution in [-0.4, -0.2) is 22.4 Å². The Hall–Kier alpha value is -3.15. The minimum atomic E-state index is -0.0924. The van der Waals surface area contributed by atoms with Gasteiger partial charge in [0.1, 0.15) is 5.82 Å². The van der Waals surface area contributed by atoms with E-state index in [1.54, 1.807) is 0 Å². The molecule has 25 heavy (non-hydrogen) atoms. The van der Waals surface area contributed by atoms with Crippen LogP contribution in [0.5, 0.6) is 0 Å². The van der Waals surface area contributed by atoms with E-state index < -0.39 is 0 Å². The first-order valence-corrected chi connectivity index (χ1v) is 8.31. The Balaban J connectivity index is 1.86. The number of benzene rings is 2. The molecule has 1 aromatic heterocycles. The van der Waals surface area contributed by atoms with Crippen LogP contribution in [0.3, 0.4) is 0 Å².